The number of methoxy groups -OCH3 is 1. The van der Waals surface area contributed by atoms with Gasteiger partial charge in [-0.25, -0.2) is 0 Å². The van der Waals surface area contributed by atoms with Crippen molar-refractivity contribution < 1.29 is 9.47 Å². The van der Waals surface area contributed by atoms with Crippen LogP contribution in [0.1, 0.15) is 44.1 Å². The molecular weight excluding hydrogens is 262 g/mol. The molecule has 1 N–H and O–H groups in total. The number of benzene rings is 1. The van der Waals surface area contributed by atoms with Gasteiger partial charge in [0.25, 0.3) is 0 Å². The molecule has 0 unspecified atom stereocenters. The van der Waals surface area contributed by atoms with E-state index in [1.807, 2.05) is 0 Å². The number of rotatable bonds is 5. The fourth-order valence-corrected chi connectivity index (χ4v) is 3.55. The smallest absolute Gasteiger partial charge is 0.161 e. The first-order chi connectivity index (χ1) is 10.3. The van der Waals surface area contributed by atoms with E-state index in [1.165, 1.54) is 44.1 Å². The first kappa shape index (κ1) is 14.7. The van der Waals surface area contributed by atoms with E-state index in [0.29, 0.717) is 6.10 Å². The van der Waals surface area contributed by atoms with Crippen LogP contribution >= 0.6 is 0 Å². The van der Waals surface area contributed by atoms with Crippen LogP contribution in [0.25, 0.3) is 0 Å². The number of ether oxygens (including phenoxy) is 2. The van der Waals surface area contributed by atoms with Crippen LogP contribution in [0.4, 0.5) is 0 Å². The van der Waals surface area contributed by atoms with Crippen LogP contribution in [0.5, 0.6) is 11.5 Å². The lowest BCUT2D eigenvalue weighted by Crippen LogP contribution is -2.28. The molecule has 0 amide bonds. The van der Waals surface area contributed by atoms with Gasteiger partial charge in [0.1, 0.15) is 0 Å². The Morgan fingerprint density at radius 1 is 1.05 bits per heavy atom. The molecule has 0 atom stereocenters. The van der Waals surface area contributed by atoms with Crippen LogP contribution in [0.3, 0.4) is 0 Å². The lowest BCUT2D eigenvalue weighted by molar-refractivity contribution is 0.200. The highest BCUT2D eigenvalue weighted by Crippen LogP contribution is 2.33. The molecule has 0 spiro atoms. The minimum Gasteiger partial charge on any atom is -0.493 e. The van der Waals surface area contributed by atoms with Crippen LogP contribution < -0.4 is 14.8 Å². The quantitative estimate of drug-likeness (QED) is 0.899. The molecule has 1 aliphatic carbocycles. The van der Waals surface area contributed by atoms with Crippen molar-refractivity contribution in [3.63, 3.8) is 0 Å². The topological polar surface area (TPSA) is 30.5 Å². The molecule has 1 aromatic rings. The third-order valence-corrected chi connectivity index (χ3v) is 4.81. The van der Waals surface area contributed by atoms with Gasteiger partial charge in [0, 0.05) is 0 Å². The summed E-state index contributed by atoms with van der Waals surface area (Å²) in [6, 6.07) is 6.47. The average Bonchev–Trinajstić information content (AvgIpc) is 3.02. The van der Waals surface area contributed by atoms with Crippen molar-refractivity contribution in [1.29, 1.82) is 0 Å². The van der Waals surface area contributed by atoms with Gasteiger partial charge in [0.15, 0.2) is 11.5 Å². The van der Waals surface area contributed by atoms with Crippen molar-refractivity contribution in [3.8, 4) is 11.5 Å². The Morgan fingerprint density at radius 2 is 1.81 bits per heavy atom. The Bertz CT molecular complexity index is 449. The maximum atomic E-state index is 6.19. The summed E-state index contributed by atoms with van der Waals surface area (Å²) in [6.45, 7) is 2.32. The molecule has 3 heteroatoms. The predicted molar refractivity (Wildman–Crippen MR) is 85.2 cm³/mol. The van der Waals surface area contributed by atoms with E-state index < -0.39 is 0 Å². The highest BCUT2D eigenvalue weighted by molar-refractivity contribution is 5.43. The zero-order valence-corrected chi connectivity index (χ0v) is 13.1. The third-order valence-electron chi connectivity index (χ3n) is 4.81. The van der Waals surface area contributed by atoms with Gasteiger partial charge in [0.05, 0.1) is 13.2 Å². The van der Waals surface area contributed by atoms with Crippen molar-refractivity contribution in [2.45, 2.75) is 51.0 Å². The highest BCUT2D eigenvalue weighted by atomic mass is 16.5. The van der Waals surface area contributed by atoms with Gasteiger partial charge in [-0.15, -0.1) is 0 Å². The Kier molecular flexibility index (Phi) is 5.02. The summed E-state index contributed by atoms with van der Waals surface area (Å²) in [5, 5.41) is 3.43. The molecule has 2 fully saturated rings. The molecule has 21 heavy (non-hydrogen) atoms. The number of hydrogen-bond donors (Lipinski definition) is 1. The van der Waals surface area contributed by atoms with E-state index in [1.54, 1.807) is 7.11 Å². The lowest BCUT2D eigenvalue weighted by atomic mass is 9.91. The second kappa shape index (κ2) is 7.17. The Morgan fingerprint density at radius 3 is 2.52 bits per heavy atom. The van der Waals surface area contributed by atoms with Crippen LogP contribution in [0, 0.1) is 5.92 Å². The van der Waals surface area contributed by atoms with Gasteiger partial charge in [-0.1, -0.05) is 6.07 Å². The molecule has 0 aromatic heterocycles. The molecule has 1 saturated carbocycles. The van der Waals surface area contributed by atoms with Crippen LogP contribution in [0.15, 0.2) is 18.2 Å². The van der Waals surface area contributed by atoms with Gasteiger partial charge < -0.3 is 14.8 Å². The van der Waals surface area contributed by atoms with Gasteiger partial charge in [-0.05, 0) is 81.6 Å². The van der Waals surface area contributed by atoms with E-state index in [-0.39, 0.29) is 0 Å². The molecule has 0 bridgehead atoms. The summed E-state index contributed by atoms with van der Waals surface area (Å²) in [5.41, 5.74) is 1.38. The zero-order chi connectivity index (χ0) is 14.5. The number of piperidine rings is 1. The monoisotopic (exact) mass is 289 g/mol. The van der Waals surface area contributed by atoms with E-state index in [2.05, 4.69) is 23.5 Å². The van der Waals surface area contributed by atoms with Gasteiger partial charge >= 0.3 is 0 Å². The second-order valence-corrected chi connectivity index (χ2v) is 6.41. The van der Waals surface area contributed by atoms with Crippen LogP contribution in [-0.2, 0) is 6.42 Å². The zero-order valence-electron chi connectivity index (χ0n) is 13.1. The summed E-state index contributed by atoms with van der Waals surface area (Å²) in [7, 11) is 1.73. The first-order valence-corrected chi connectivity index (χ1v) is 8.39. The summed E-state index contributed by atoms with van der Waals surface area (Å²) in [6.07, 6.45) is 9.06. The fraction of sp³-hybridized carbons (Fsp3) is 0.667. The summed E-state index contributed by atoms with van der Waals surface area (Å²) >= 11 is 0. The fourth-order valence-electron chi connectivity index (χ4n) is 3.55. The van der Waals surface area contributed by atoms with Crippen molar-refractivity contribution in [2.75, 3.05) is 20.2 Å². The molecular formula is C18H27NO2. The Balaban J connectivity index is 1.69. The normalized spacial score (nSPS) is 20.6. The summed E-state index contributed by atoms with van der Waals surface area (Å²) in [5.74, 6) is 2.62. The minimum absolute atomic E-state index is 0.382. The first-order valence-electron chi connectivity index (χ1n) is 8.39. The van der Waals surface area contributed by atoms with Crippen LogP contribution in [-0.4, -0.2) is 26.3 Å². The molecule has 3 rings (SSSR count). The lowest BCUT2D eigenvalue weighted by Gasteiger charge is -2.23. The largest absolute Gasteiger partial charge is 0.493 e. The average molecular weight is 289 g/mol. The number of nitrogens with one attached hydrogen (secondary N) is 1. The van der Waals surface area contributed by atoms with E-state index in [4.69, 9.17) is 9.47 Å². The predicted octanol–water partition coefficient (Wildman–Crippen LogP) is 3.56. The van der Waals surface area contributed by atoms with Crippen molar-refractivity contribution in [2.24, 2.45) is 5.92 Å². The van der Waals surface area contributed by atoms with Gasteiger partial charge in [-0.2, -0.15) is 0 Å². The molecule has 1 aliphatic heterocycles. The molecule has 1 saturated heterocycles. The van der Waals surface area contributed by atoms with Gasteiger partial charge in [-0.3, -0.25) is 0 Å². The van der Waals surface area contributed by atoms with E-state index >= 15 is 0 Å². The molecule has 1 aromatic carbocycles. The van der Waals surface area contributed by atoms with E-state index in [9.17, 15) is 0 Å². The second-order valence-electron chi connectivity index (χ2n) is 6.41. The molecule has 2 aliphatic rings. The SMILES string of the molecule is COc1ccc(CC2CCNCC2)cc1OC1CCCC1. The number of hydrogen-bond acceptors (Lipinski definition) is 3. The maximum Gasteiger partial charge on any atom is 0.161 e. The Hall–Kier alpha value is -1.22. The Labute approximate surface area is 128 Å². The summed E-state index contributed by atoms with van der Waals surface area (Å²) in [4.78, 5) is 0. The van der Waals surface area contributed by atoms with Crippen molar-refractivity contribution >= 4 is 0 Å². The maximum absolute atomic E-state index is 6.19. The molecule has 0 radical (unpaired) electrons. The standard InChI is InChI=1S/C18H27NO2/c1-20-17-7-6-15(12-14-8-10-19-11-9-14)13-18(17)21-16-4-2-3-5-16/h6-7,13-14,16,19H,2-5,8-12H2,1H3. The molecule has 116 valence electrons. The molecule has 1 heterocycles. The van der Waals surface area contributed by atoms with E-state index in [0.717, 1.165) is 36.9 Å². The highest BCUT2D eigenvalue weighted by Gasteiger charge is 2.19. The van der Waals surface area contributed by atoms with Crippen LogP contribution in [0.2, 0.25) is 0 Å². The third kappa shape index (κ3) is 3.91. The van der Waals surface area contributed by atoms with Gasteiger partial charge in [0.2, 0.25) is 0 Å². The molecule has 3 nitrogen and oxygen atoms in total. The van der Waals surface area contributed by atoms with Crippen molar-refractivity contribution in [3.05, 3.63) is 23.8 Å². The minimum atomic E-state index is 0.382. The van der Waals surface area contributed by atoms with Crippen molar-refractivity contribution in [1.82, 2.24) is 5.32 Å². The summed E-state index contributed by atoms with van der Waals surface area (Å²) < 4.78 is 11.7.